The number of aliphatic imine (C=N–C) groups is 1. The zero-order chi connectivity index (χ0) is 10.1. The van der Waals surface area contributed by atoms with Crippen molar-refractivity contribution in [2.45, 2.75) is 6.04 Å². The first-order chi connectivity index (χ1) is 6.66. The summed E-state index contributed by atoms with van der Waals surface area (Å²) in [6, 6.07) is 5.54. The van der Waals surface area contributed by atoms with Gasteiger partial charge < -0.3 is 10.5 Å². The second kappa shape index (κ2) is 3.67. The van der Waals surface area contributed by atoms with Crippen LogP contribution in [0.25, 0.3) is 0 Å². The molecule has 2 N–H and O–H groups in total. The van der Waals surface area contributed by atoms with Crippen molar-refractivity contribution in [3.8, 4) is 0 Å². The zero-order valence-corrected chi connectivity index (χ0v) is 8.72. The van der Waals surface area contributed by atoms with Crippen LogP contribution in [0.15, 0.2) is 23.2 Å². The maximum atomic E-state index is 5.88. The van der Waals surface area contributed by atoms with Gasteiger partial charge in [0.2, 0.25) is 0 Å². The van der Waals surface area contributed by atoms with E-state index in [4.69, 9.17) is 33.7 Å². The Hall–Kier alpha value is -0.930. The summed E-state index contributed by atoms with van der Waals surface area (Å²) in [5.41, 5.74) is 6.36. The zero-order valence-electron chi connectivity index (χ0n) is 7.21. The van der Waals surface area contributed by atoms with E-state index in [2.05, 4.69) is 4.99 Å². The molecule has 1 unspecified atom stereocenters. The molecule has 14 heavy (non-hydrogen) atoms. The molecule has 0 bridgehead atoms. The molecule has 1 atom stereocenters. The number of nitrogens with zero attached hydrogens (tertiary/aromatic N) is 1. The second-order valence-electron chi connectivity index (χ2n) is 2.97. The van der Waals surface area contributed by atoms with Gasteiger partial charge in [-0.1, -0.05) is 29.3 Å². The van der Waals surface area contributed by atoms with Gasteiger partial charge in [0.1, 0.15) is 12.6 Å². The monoisotopic (exact) mass is 230 g/mol. The molecule has 1 aliphatic rings. The van der Waals surface area contributed by atoms with Gasteiger partial charge in [-0.25, -0.2) is 4.99 Å². The van der Waals surface area contributed by atoms with E-state index in [9.17, 15) is 0 Å². The van der Waals surface area contributed by atoms with Crippen molar-refractivity contribution in [1.29, 1.82) is 0 Å². The second-order valence-corrected chi connectivity index (χ2v) is 3.78. The summed E-state index contributed by atoms with van der Waals surface area (Å²) in [7, 11) is 0. The Morgan fingerprint density at radius 2 is 2.14 bits per heavy atom. The molecular formula is C9H8Cl2N2O. The van der Waals surface area contributed by atoms with E-state index in [1.54, 1.807) is 12.1 Å². The highest BCUT2D eigenvalue weighted by atomic mass is 35.5. The molecular weight excluding hydrogens is 223 g/mol. The van der Waals surface area contributed by atoms with Crippen LogP contribution >= 0.6 is 23.2 Å². The summed E-state index contributed by atoms with van der Waals surface area (Å²) in [6.07, 6.45) is 0. The highest BCUT2D eigenvalue weighted by molar-refractivity contribution is 6.42. The van der Waals surface area contributed by atoms with Gasteiger partial charge in [-0.05, 0) is 17.7 Å². The lowest BCUT2D eigenvalue weighted by Crippen LogP contribution is -2.10. The number of nitrogens with two attached hydrogens (primary N) is 1. The van der Waals surface area contributed by atoms with Gasteiger partial charge >= 0.3 is 0 Å². The molecule has 0 spiro atoms. The Morgan fingerprint density at radius 1 is 1.36 bits per heavy atom. The van der Waals surface area contributed by atoms with Crippen molar-refractivity contribution < 1.29 is 4.74 Å². The summed E-state index contributed by atoms with van der Waals surface area (Å²) < 4.78 is 5.04. The summed E-state index contributed by atoms with van der Waals surface area (Å²) in [5, 5.41) is 1.05. The maximum absolute atomic E-state index is 5.88. The number of rotatable bonds is 1. The van der Waals surface area contributed by atoms with E-state index in [0.717, 1.165) is 5.56 Å². The van der Waals surface area contributed by atoms with Gasteiger partial charge in [0, 0.05) is 0 Å². The average molecular weight is 231 g/mol. The number of amidine groups is 1. The topological polar surface area (TPSA) is 47.6 Å². The SMILES string of the molecule is NC1=NC(c2ccc(Cl)c(Cl)c2)CO1. The van der Waals surface area contributed by atoms with Crippen molar-refractivity contribution in [3.63, 3.8) is 0 Å². The van der Waals surface area contributed by atoms with Crippen LogP contribution < -0.4 is 5.73 Å². The molecule has 1 aromatic carbocycles. The molecule has 1 aromatic rings. The van der Waals surface area contributed by atoms with E-state index in [0.29, 0.717) is 16.7 Å². The van der Waals surface area contributed by atoms with Crippen LogP contribution in [0.2, 0.25) is 10.0 Å². The fourth-order valence-electron chi connectivity index (χ4n) is 1.28. The number of halogens is 2. The lowest BCUT2D eigenvalue weighted by atomic mass is 10.1. The number of hydrogen-bond acceptors (Lipinski definition) is 3. The summed E-state index contributed by atoms with van der Waals surface area (Å²) >= 11 is 11.7. The van der Waals surface area contributed by atoms with Gasteiger partial charge in [-0.15, -0.1) is 0 Å². The lowest BCUT2D eigenvalue weighted by Gasteiger charge is -2.05. The van der Waals surface area contributed by atoms with Crippen LogP contribution in [0.4, 0.5) is 0 Å². The normalized spacial score (nSPS) is 20.4. The van der Waals surface area contributed by atoms with Crippen molar-refractivity contribution in [2.24, 2.45) is 10.7 Å². The minimum absolute atomic E-state index is 0.0650. The standard InChI is InChI=1S/C9H8Cl2N2O/c10-6-2-1-5(3-7(6)11)8-4-14-9(12)13-8/h1-3,8H,4H2,(H2,12,13). The third kappa shape index (κ3) is 1.79. The number of ether oxygens (including phenoxy) is 1. The molecule has 0 aliphatic carbocycles. The number of hydrogen-bond donors (Lipinski definition) is 1. The molecule has 2 rings (SSSR count). The predicted molar refractivity (Wildman–Crippen MR) is 56.8 cm³/mol. The molecule has 0 fully saturated rings. The van der Waals surface area contributed by atoms with Gasteiger partial charge in [0.05, 0.1) is 10.0 Å². The van der Waals surface area contributed by atoms with Crippen LogP contribution in [0.3, 0.4) is 0 Å². The Balaban J connectivity index is 2.29. The van der Waals surface area contributed by atoms with Crippen molar-refractivity contribution >= 4 is 29.2 Å². The minimum Gasteiger partial charge on any atom is -0.463 e. The molecule has 3 nitrogen and oxygen atoms in total. The Bertz CT molecular complexity index is 392. The Kier molecular flexibility index (Phi) is 2.52. The first-order valence-corrected chi connectivity index (χ1v) is 4.83. The van der Waals surface area contributed by atoms with Gasteiger partial charge in [-0.3, -0.25) is 0 Å². The van der Waals surface area contributed by atoms with Gasteiger partial charge in [0.25, 0.3) is 6.02 Å². The number of benzene rings is 1. The molecule has 0 saturated carbocycles. The molecule has 1 aliphatic heterocycles. The van der Waals surface area contributed by atoms with E-state index >= 15 is 0 Å². The molecule has 74 valence electrons. The molecule has 0 aromatic heterocycles. The van der Waals surface area contributed by atoms with Crippen LogP contribution in [0.1, 0.15) is 11.6 Å². The maximum Gasteiger partial charge on any atom is 0.282 e. The molecule has 0 saturated heterocycles. The summed E-state index contributed by atoms with van der Waals surface area (Å²) in [5.74, 6) is 0. The summed E-state index contributed by atoms with van der Waals surface area (Å²) in [6.45, 7) is 0.462. The van der Waals surface area contributed by atoms with E-state index in [1.807, 2.05) is 6.07 Å². The van der Waals surface area contributed by atoms with Crippen LogP contribution in [0, 0.1) is 0 Å². The smallest absolute Gasteiger partial charge is 0.282 e. The lowest BCUT2D eigenvalue weighted by molar-refractivity contribution is 0.315. The third-order valence-corrected chi connectivity index (χ3v) is 2.74. The highest BCUT2D eigenvalue weighted by Crippen LogP contribution is 2.28. The van der Waals surface area contributed by atoms with E-state index in [-0.39, 0.29) is 12.1 Å². The van der Waals surface area contributed by atoms with Crippen LogP contribution in [-0.4, -0.2) is 12.6 Å². The fraction of sp³-hybridized carbons (Fsp3) is 0.222. The summed E-state index contributed by atoms with van der Waals surface area (Å²) in [4.78, 5) is 4.10. The van der Waals surface area contributed by atoms with Gasteiger partial charge in [0.15, 0.2) is 0 Å². The van der Waals surface area contributed by atoms with Crippen molar-refractivity contribution in [2.75, 3.05) is 6.61 Å². The third-order valence-electron chi connectivity index (χ3n) is 2.00. The van der Waals surface area contributed by atoms with Crippen LogP contribution in [-0.2, 0) is 4.74 Å². The quantitative estimate of drug-likeness (QED) is 0.806. The van der Waals surface area contributed by atoms with Gasteiger partial charge in [-0.2, -0.15) is 0 Å². The minimum atomic E-state index is -0.0650. The Labute approximate surface area is 91.5 Å². The van der Waals surface area contributed by atoms with E-state index in [1.165, 1.54) is 0 Å². The van der Waals surface area contributed by atoms with Crippen molar-refractivity contribution in [1.82, 2.24) is 0 Å². The first kappa shape index (κ1) is 9.62. The van der Waals surface area contributed by atoms with Crippen LogP contribution in [0.5, 0.6) is 0 Å². The molecule has 0 radical (unpaired) electrons. The average Bonchev–Trinajstić information content (AvgIpc) is 2.57. The molecule has 1 heterocycles. The fourth-order valence-corrected chi connectivity index (χ4v) is 1.59. The predicted octanol–water partition coefficient (Wildman–Crippen LogP) is 2.38. The molecule has 0 amide bonds. The highest BCUT2D eigenvalue weighted by Gasteiger charge is 2.19. The molecule has 5 heteroatoms. The first-order valence-electron chi connectivity index (χ1n) is 4.08. The van der Waals surface area contributed by atoms with Crippen molar-refractivity contribution in [3.05, 3.63) is 33.8 Å². The largest absolute Gasteiger partial charge is 0.463 e. The van der Waals surface area contributed by atoms with E-state index < -0.39 is 0 Å². The Morgan fingerprint density at radius 3 is 2.71 bits per heavy atom.